The molecular formula is C21H29N. The first-order valence-electron chi connectivity index (χ1n) is 8.19. The van der Waals surface area contributed by atoms with E-state index in [2.05, 4.69) is 88.7 Å². The minimum absolute atomic E-state index is 0.236. The molecule has 118 valence electrons. The summed E-state index contributed by atoms with van der Waals surface area (Å²) in [5.74, 6) is 0.813. The summed E-state index contributed by atoms with van der Waals surface area (Å²) in [5, 5.41) is 0. The van der Waals surface area contributed by atoms with Gasteiger partial charge in [0.15, 0.2) is 0 Å². The van der Waals surface area contributed by atoms with E-state index in [4.69, 9.17) is 0 Å². The van der Waals surface area contributed by atoms with Gasteiger partial charge in [-0.3, -0.25) is 4.99 Å². The van der Waals surface area contributed by atoms with Crippen LogP contribution in [0.1, 0.15) is 52.5 Å². The average molecular weight is 295 g/mol. The van der Waals surface area contributed by atoms with Crippen molar-refractivity contribution in [1.29, 1.82) is 0 Å². The lowest BCUT2D eigenvalue weighted by Crippen LogP contribution is -2.05. The summed E-state index contributed by atoms with van der Waals surface area (Å²) in [6.45, 7) is 14.9. The van der Waals surface area contributed by atoms with Gasteiger partial charge in [-0.2, -0.15) is 0 Å². The SMILES string of the molecule is C=C(/C=C\C=C/C(C)C)C1C(C)=Nc2ccccc21.CCC. The summed E-state index contributed by atoms with van der Waals surface area (Å²) in [7, 11) is 0. The van der Waals surface area contributed by atoms with Crippen LogP contribution in [0.5, 0.6) is 0 Å². The lowest BCUT2D eigenvalue weighted by molar-refractivity contribution is 0.832. The second kappa shape index (κ2) is 9.19. The largest absolute Gasteiger partial charge is 0.257 e. The first-order valence-corrected chi connectivity index (χ1v) is 8.19. The molecule has 1 heterocycles. The molecule has 22 heavy (non-hydrogen) atoms. The van der Waals surface area contributed by atoms with Crippen LogP contribution < -0.4 is 0 Å². The number of aliphatic imine (C=N–C) groups is 1. The van der Waals surface area contributed by atoms with Crippen molar-refractivity contribution in [3.8, 4) is 0 Å². The van der Waals surface area contributed by atoms with Crippen LogP contribution in [0.2, 0.25) is 0 Å². The minimum atomic E-state index is 0.236. The maximum atomic E-state index is 4.61. The van der Waals surface area contributed by atoms with Crippen molar-refractivity contribution in [2.24, 2.45) is 10.9 Å². The minimum Gasteiger partial charge on any atom is -0.257 e. The number of nitrogens with zero attached hydrogens (tertiary/aromatic N) is 1. The van der Waals surface area contributed by atoms with E-state index in [1.54, 1.807) is 0 Å². The van der Waals surface area contributed by atoms with Gasteiger partial charge in [-0.05, 0) is 30.0 Å². The van der Waals surface area contributed by atoms with E-state index in [1.165, 1.54) is 12.0 Å². The van der Waals surface area contributed by atoms with Crippen LogP contribution in [-0.4, -0.2) is 5.71 Å². The molecule has 0 saturated heterocycles. The molecular weight excluding hydrogens is 266 g/mol. The van der Waals surface area contributed by atoms with Crippen molar-refractivity contribution in [3.63, 3.8) is 0 Å². The van der Waals surface area contributed by atoms with Crippen molar-refractivity contribution in [3.05, 3.63) is 66.3 Å². The van der Waals surface area contributed by atoms with Crippen LogP contribution in [0.3, 0.4) is 0 Å². The highest BCUT2D eigenvalue weighted by Crippen LogP contribution is 2.39. The standard InChI is InChI=1S/C18H21N.C3H8/c1-13(2)9-5-6-10-14(3)18-15(4)19-17-12-8-7-11-16(17)18;1-3-2/h5-13,18H,3H2,1-2,4H3;3H2,1-2H3/b9-5-,10-6-;. The molecule has 1 heteroatoms. The van der Waals surface area contributed by atoms with Gasteiger partial charge in [0.05, 0.1) is 5.69 Å². The van der Waals surface area contributed by atoms with E-state index in [1.807, 2.05) is 6.07 Å². The van der Waals surface area contributed by atoms with Gasteiger partial charge in [0.2, 0.25) is 0 Å². The summed E-state index contributed by atoms with van der Waals surface area (Å²) < 4.78 is 0. The maximum absolute atomic E-state index is 4.61. The van der Waals surface area contributed by atoms with Gasteiger partial charge < -0.3 is 0 Å². The summed E-state index contributed by atoms with van der Waals surface area (Å²) in [5.41, 5.74) is 4.57. The molecule has 0 fully saturated rings. The molecule has 0 aliphatic carbocycles. The van der Waals surface area contributed by atoms with Crippen molar-refractivity contribution < 1.29 is 0 Å². The number of fused-ring (bicyclic) bond motifs is 1. The normalized spacial score (nSPS) is 16.6. The first kappa shape index (κ1) is 18.2. The molecule has 1 aromatic rings. The third kappa shape index (κ3) is 5.14. The number of allylic oxidation sites excluding steroid dienone is 5. The predicted octanol–water partition coefficient (Wildman–Crippen LogP) is 6.62. The molecule has 0 amide bonds. The highest BCUT2D eigenvalue weighted by Gasteiger charge is 2.24. The highest BCUT2D eigenvalue weighted by molar-refractivity contribution is 5.99. The number of benzene rings is 1. The Morgan fingerprint density at radius 1 is 1.23 bits per heavy atom. The predicted molar refractivity (Wildman–Crippen MR) is 100 cm³/mol. The lowest BCUT2D eigenvalue weighted by atomic mass is 9.89. The second-order valence-corrected chi connectivity index (χ2v) is 6.02. The Morgan fingerprint density at radius 3 is 2.50 bits per heavy atom. The van der Waals surface area contributed by atoms with E-state index in [-0.39, 0.29) is 5.92 Å². The van der Waals surface area contributed by atoms with Gasteiger partial charge in [0.1, 0.15) is 0 Å². The van der Waals surface area contributed by atoms with Crippen LogP contribution in [0.25, 0.3) is 0 Å². The molecule has 0 radical (unpaired) electrons. The smallest absolute Gasteiger partial charge is 0.0671 e. The molecule has 2 rings (SSSR count). The van der Waals surface area contributed by atoms with Crippen LogP contribution in [-0.2, 0) is 0 Å². The second-order valence-electron chi connectivity index (χ2n) is 6.02. The van der Waals surface area contributed by atoms with E-state index in [0.29, 0.717) is 5.92 Å². The maximum Gasteiger partial charge on any atom is 0.0671 e. The molecule has 0 saturated carbocycles. The average Bonchev–Trinajstić information content (AvgIpc) is 2.80. The molecule has 0 N–H and O–H groups in total. The van der Waals surface area contributed by atoms with Crippen LogP contribution >= 0.6 is 0 Å². The van der Waals surface area contributed by atoms with Gasteiger partial charge in [0, 0.05) is 11.6 Å². The van der Waals surface area contributed by atoms with E-state index in [0.717, 1.165) is 17.0 Å². The molecule has 1 aromatic carbocycles. The number of hydrogen-bond acceptors (Lipinski definition) is 1. The van der Waals surface area contributed by atoms with Crippen molar-refractivity contribution in [2.45, 2.75) is 47.0 Å². The third-order valence-corrected chi connectivity index (χ3v) is 3.25. The monoisotopic (exact) mass is 295 g/mol. The van der Waals surface area contributed by atoms with Crippen LogP contribution in [0.15, 0.2) is 65.7 Å². The van der Waals surface area contributed by atoms with Crippen molar-refractivity contribution in [1.82, 2.24) is 0 Å². The number of para-hydroxylation sites is 1. The molecule has 1 aliphatic rings. The summed E-state index contributed by atoms with van der Waals surface area (Å²) in [6, 6.07) is 8.30. The Hall–Kier alpha value is -1.89. The quantitative estimate of drug-likeness (QED) is 0.554. The van der Waals surface area contributed by atoms with Crippen molar-refractivity contribution >= 4 is 11.4 Å². The van der Waals surface area contributed by atoms with Crippen molar-refractivity contribution in [2.75, 3.05) is 0 Å². The summed E-state index contributed by atoms with van der Waals surface area (Å²) >= 11 is 0. The number of rotatable bonds is 4. The molecule has 0 bridgehead atoms. The highest BCUT2D eigenvalue weighted by atomic mass is 14.8. The fourth-order valence-electron chi connectivity index (χ4n) is 2.34. The molecule has 1 unspecified atom stereocenters. The number of hydrogen-bond donors (Lipinski definition) is 0. The Labute approximate surface area is 136 Å². The fraction of sp³-hybridized carbons (Fsp3) is 0.381. The fourth-order valence-corrected chi connectivity index (χ4v) is 2.34. The van der Waals surface area contributed by atoms with E-state index >= 15 is 0 Å². The molecule has 1 nitrogen and oxygen atoms in total. The Balaban J connectivity index is 0.000000745. The zero-order valence-corrected chi connectivity index (χ0v) is 14.6. The topological polar surface area (TPSA) is 12.4 Å². The zero-order valence-electron chi connectivity index (χ0n) is 14.6. The Bertz CT molecular complexity index is 573. The van der Waals surface area contributed by atoms with Crippen LogP contribution in [0, 0.1) is 5.92 Å². The molecule has 1 aliphatic heterocycles. The first-order chi connectivity index (χ1) is 10.5. The van der Waals surface area contributed by atoms with Gasteiger partial charge >= 0.3 is 0 Å². The zero-order chi connectivity index (χ0) is 16.5. The van der Waals surface area contributed by atoms with E-state index in [9.17, 15) is 0 Å². The van der Waals surface area contributed by atoms with E-state index < -0.39 is 0 Å². The lowest BCUT2D eigenvalue weighted by Gasteiger charge is -2.12. The third-order valence-electron chi connectivity index (χ3n) is 3.25. The van der Waals surface area contributed by atoms with Gasteiger partial charge in [0.25, 0.3) is 0 Å². The van der Waals surface area contributed by atoms with Crippen LogP contribution in [0.4, 0.5) is 5.69 Å². The van der Waals surface area contributed by atoms with Gasteiger partial charge in [-0.15, -0.1) is 0 Å². The van der Waals surface area contributed by atoms with Gasteiger partial charge in [-0.25, -0.2) is 0 Å². The summed E-state index contributed by atoms with van der Waals surface area (Å²) in [6.07, 6.45) is 9.66. The molecule has 0 spiro atoms. The summed E-state index contributed by atoms with van der Waals surface area (Å²) in [4.78, 5) is 4.61. The molecule has 1 atom stereocenters. The van der Waals surface area contributed by atoms with Gasteiger partial charge in [-0.1, -0.05) is 83.2 Å². The molecule has 0 aromatic heterocycles. The Morgan fingerprint density at radius 2 is 1.86 bits per heavy atom. The Kier molecular flexibility index (Phi) is 7.59.